The topological polar surface area (TPSA) is 4.93 Å². The Balaban J connectivity index is 1.56. The lowest BCUT2D eigenvalue weighted by Crippen LogP contribution is -1.95. The van der Waals surface area contributed by atoms with Crippen LogP contribution >= 0.6 is 0 Å². The van der Waals surface area contributed by atoms with Crippen LogP contribution in [0, 0.1) is 0 Å². The van der Waals surface area contributed by atoms with Gasteiger partial charge < -0.3 is 4.57 Å². The molecule has 0 saturated carbocycles. The Labute approximate surface area is 229 Å². The molecule has 0 N–H and O–H groups in total. The summed E-state index contributed by atoms with van der Waals surface area (Å²) in [6.45, 7) is 8.35. The van der Waals surface area contributed by atoms with Crippen LogP contribution < -0.4 is 0 Å². The summed E-state index contributed by atoms with van der Waals surface area (Å²) >= 11 is 0. The standard InChI is InChI=1S/C38H29N/c1-4-31(25(2)3)27-17-20-34-28(23-27)19-22-36-35-21-18-29(33-16-10-12-26-11-8-9-15-32(26)33)24-37(35)39(38(34)36)30-13-6-5-7-14-30/h4-24H,2H2,1,3H3/b31-4+. The molecule has 186 valence electrons. The van der Waals surface area contributed by atoms with Gasteiger partial charge in [-0.05, 0) is 76.5 Å². The number of fused-ring (bicyclic) bond motifs is 6. The van der Waals surface area contributed by atoms with Crippen LogP contribution in [0.3, 0.4) is 0 Å². The highest BCUT2D eigenvalue weighted by Gasteiger charge is 2.17. The van der Waals surface area contributed by atoms with Gasteiger partial charge in [0, 0.05) is 21.8 Å². The summed E-state index contributed by atoms with van der Waals surface area (Å²) in [5.41, 5.74) is 9.59. The third kappa shape index (κ3) is 3.70. The average molecular weight is 500 g/mol. The van der Waals surface area contributed by atoms with E-state index in [1.807, 2.05) is 0 Å². The molecular weight excluding hydrogens is 470 g/mol. The highest BCUT2D eigenvalue weighted by Crippen LogP contribution is 2.40. The fourth-order valence-electron chi connectivity index (χ4n) is 6.15. The zero-order valence-corrected chi connectivity index (χ0v) is 22.3. The van der Waals surface area contributed by atoms with E-state index in [2.05, 4.69) is 152 Å². The fraction of sp³-hybridized carbons (Fsp3) is 0.0526. The maximum atomic E-state index is 4.19. The molecule has 0 spiro atoms. The molecule has 0 unspecified atom stereocenters. The molecule has 0 fully saturated rings. The van der Waals surface area contributed by atoms with E-state index in [4.69, 9.17) is 0 Å². The molecule has 0 amide bonds. The zero-order chi connectivity index (χ0) is 26.5. The van der Waals surface area contributed by atoms with Gasteiger partial charge in [0.05, 0.1) is 11.0 Å². The van der Waals surface area contributed by atoms with E-state index in [0.29, 0.717) is 0 Å². The van der Waals surface area contributed by atoms with Gasteiger partial charge in [0.1, 0.15) is 0 Å². The summed E-state index contributed by atoms with van der Waals surface area (Å²) in [4.78, 5) is 0. The van der Waals surface area contributed by atoms with Crippen molar-refractivity contribution < 1.29 is 0 Å². The molecule has 39 heavy (non-hydrogen) atoms. The number of rotatable bonds is 4. The largest absolute Gasteiger partial charge is 0.309 e. The van der Waals surface area contributed by atoms with Crippen molar-refractivity contribution in [3.05, 3.63) is 145 Å². The minimum atomic E-state index is 1.08. The van der Waals surface area contributed by atoms with Crippen LogP contribution in [-0.4, -0.2) is 4.57 Å². The van der Waals surface area contributed by atoms with Gasteiger partial charge in [-0.25, -0.2) is 0 Å². The Bertz CT molecular complexity index is 2080. The van der Waals surface area contributed by atoms with Crippen LogP contribution in [-0.2, 0) is 0 Å². The Kier molecular flexibility index (Phi) is 5.45. The number of para-hydroxylation sites is 1. The van der Waals surface area contributed by atoms with Gasteiger partial charge in [0.15, 0.2) is 0 Å². The van der Waals surface area contributed by atoms with E-state index in [-0.39, 0.29) is 0 Å². The van der Waals surface area contributed by atoms with Crippen molar-refractivity contribution in [3.63, 3.8) is 0 Å². The summed E-state index contributed by atoms with van der Waals surface area (Å²) in [5, 5.41) is 7.55. The van der Waals surface area contributed by atoms with Crippen LogP contribution in [0.25, 0.3) is 65.7 Å². The summed E-state index contributed by atoms with van der Waals surface area (Å²) in [5.74, 6) is 0. The summed E-state index contributed by atoms with van der Waals surface area (Å²) in [6, 6.07) is 44.3. The monoisotopic (exact) mass is 499 g/mol. The van der Waals surface area contributed by atoms with Gasteiger partial charge in [0.25, 0.3) is 0 Å². The Morgan fingerprint density at radius 3 is 2.21 bits per heavy atom. The van der Waals surface area contributed by atoms with E-state index >= 15 is 0 Å². The Hall–Kier alpha value is -4.88. The molecule has 0 aliphatic carbocycles. The lowest BCUT2D eigenvalue weighted by atomic mass is 9.95. The highest BCUT2D eigenvalue weighted by atomic mass is 15.0. The number of hydrogen-bond donors (Lipinski definition) is 0. The SMILES string of the molecule is C=C(C)/C(=C\C)c1ccc2c(ccc3c4ccc(-c5cccc6ccccc56)cc4n(-c4ccccc4)c23)c1. The van der Waals surface area contributed by atoms with Crippen molar-refractivity contribution in [1.82, 2.24) is 4.57 Å². The molecule has 6 aromatic carbocycles. The number of aromatic nitrogens is 1. The van der Waals surface area contributed by atoms with Gasteiger partial charge in [-0.3, -0.25) is 0 Å². The van der Waals surface area contributed by atoms with Gasteiger partial charge in [-0.15, -0.1) is 0 Å². The first-order valence-corrected chi connectivity index (χ1v) is 13.5. The van der Waals surface area contributed by atoms with E-state index in [0.717, 1.165) is 5.57 Å². The molecule has 7 rings (SSSR count). The molecule has 0 atom stereocenters. The first-order chi connectivity index (χ1) is 19.1. The predicted molar refractivity (Wildman–Crippen MR) is 170 cm³/mol. The van der Waals surface area contributed by atoms with Crippen molar-refractivity contribution in [3.8, 4) is 16.8 Å². The molecular formula is C38H29N. The van der Waals surface area contributed by atoms with Crippen LogP contribution in [0.4, 0.5) is 0 Å². The van der Waals surface area contributed by atoms with Gasteiger partial charge >= 0.3 is 0 Å². The minimum absolute atomic E-state index is 1.08. The molecule has 0 aliphatic heterocycles. The lowest BCUT2D eigenvalue weighted by Gasteiger charge is -2.12. The average Bonchev–Trinajstić information content (AvgIpc) is 3.31. The molecule has 0 aliphatic rings. The number of hydrogen-bond acceptors (Lipinski definition) is 0. The predicted octanol–water partition coefficient (Wildman–Crippen LogP) is 10.7. The third-order valence-electron chi connectivity index (χ3n) is 7.92. The van der Waals surface area contributed by atoms with Crippen LogP contribution in [0.1, 0.15) is 19.4 Å². The fourth-order valence-corrected chi connectivity index (χ4v) is 6.15. The molecule has 1 heterocycles. The van der Waals surface area contributed by atoms with Gasteiger partial charge in [-0.2, -0.15) is 0 Å². The third-order valence-corrected chi connectivity index (χ3v) is 7.92. The van der Waals surface area contributed by atoms with E-state index in [1.54, 1.807) is 0 Å². The summed E-state index contributed by atoms with van der Waals surface area (Å²) in [6.07, 6.45) is 2.15. The molecule has 7 aromatic rings. The molecule has 1 nitrogen and oxygen atoms in total. The molecule has 1 aromatic heterocycles. The minimum Gasteiger partial charge on any atom is -0.309 e. The van der Waals surface area contributed by atoms with E-state index < -0.39 is 0 Å². The van der Waals surface area contributed by atoms with Crippen molar-refractivity contribution in [2.75, 3.05) is 0 Å². The van der Waals surface area contributed by atoms with E-state index in [9.17, 15) is 0 Å². The van der Waals surface area contributed by atoms with Crippen molar-refractivity contribution >= 4 is 48.9 Å². The van der Waals surface area contributed by atoms with Gasteiger partial charge in [-0.1, -0.05) is 115 Å². The first kappa shape index (κ1) is 23.3. The Morgan fingerprint density at radius 1 is 0.641 bits per heavy atom. The summed E-state index contributed by atoms with van der Waals surface area (Å²) < 4.78 is 2.44. The normalized spacial score (nSPS) is 12.1. The molecule has 1 heteroatoms. The maximum Gasteiger partial charge on any atom is 0.0619 e. The van der Waals surface area contributed by atoms with Crippen LogP contribution in [0.5, 0.6) is 0 Å². The van der Waals surface area contributed by atoms with Crippen molar-refractivity contribution in [2.24, 2.45) is 0 Å². The van der Waals surface area contributed by atoms with Crippen LogP contribution in [0.15, 0.2) is 140 Å². The van der Waals surface area contributed by atoms with Gasteiger partial charge in [0.2, 0.25) is 0 Å². The number of benzene rings is 6. The zero-order valence-electron chi connectivity index (χ0n) is 22.3. The maximum absolute atomic E-state index is 4.19. The lowest BCUT2D eigenvalue weighted by molar-refractivity contribution is 1.19. The first-order valence-electron chi connectivity index (χ1n) is 13.5. The summed E-state index contributed by atoms with van der Waals surface area (Å²) in [7, 11) is 0. The van der Waals surface area contributed by atoms with Crippen molar-refractivity contribution in [2.45, 2.75) is 13.8 Å². The number of allylic oxidation sites excluding steroid dienone is 3. The van der Waals surface area contributed by atoms with E-state index in [1.165, 1.54) is 71.3 Å². The highest BCUT2D eigenvalue weighted by molar-refractivity contribution is 6.19. The van der Waals surface area contributed by atoms with Crippen LogP contribution in [0.2, 0.25) is 0 Å². The number of nitrogens with zero attached hydrogens (tertiary/aromatic N) is 1. The second-order valence-corrected chi connectivity index (χ2v) is 10.3. The molecule has 0 bridgehead atoms. The molecule has 0 radical (unpaired) electrons. The van der Waals surface area contributed by atoms with Crippen molar-refractivity contribution in [1.29, 1.82) is 0 Å². The second kappa shape index (κ2) is 9.15. The Morgan fingerprint density at radius 2 is 1.38 bits per heavy atom. The quantitative estimate of drug-likeness (QED) is 0.212. The smallest absolute Gasteiger partial charge is 0.0619 e. The molecule has 0 saturated heterocycles. The second-order valence-electron chi connectivity index (χ2n) is 10.3.